The van der Waals surface area contributed by atoms with Gasteiger partial charge >= 0.3 is 12.4 Å². The Morgan fingerprint density at radius 3 is 2.18 bits per heavy atom. The molecule has 2 N–H and O–H groups in total. The number of amides is 1. The first-order chi connectivity index (χ1) is 15.4. The molecule has 1 atom stereocenters. The predicted molar refractivity (Wildman–Crippen MR) is 108 cm³/mol. The molecule has 0 aliphatic rings. The van der Waals surface area contributed by atoms with Crippen LogP contribution in [0.5, 0.6) is 0 Å². The zero-order valence-electron chi connectivity index (χ0n) is 16.9. The number of halogens is 6. The van der Waals surface area contributed by atoms with Crippen molar-refractivity contribution in [2.75, 3.05) is 11.9 Å². The highest BCUT2D eigenvalue weighted by atomic mass is 19.4. The summed E-state index contributed by atoms with van der Waals surface area (Å²) in [5, 5.41) is 9.86. The number of benzene rings is 1. The molecule has 2 rings (SSSR count). The monoisotopic (exact) mass is 470 g/mol. The van der Waals surface area contributed by atoms with Crippen molar-refractivity contribution in [1.82, 2.24) is 14.9 Å². The quantitative estimate of drug-likeness (QED) is 0.288. The first-order valence-corrected chi connectivity index (χ1v) is 9.03. The Labute approximate surface area is 184 Å². The molecule has 1 amide bonds. The number of aromatic nitrogens is 2. The molecule has 1 unspecified atom stereocenters. The fourth-order valence-corrected chi connectivity index (χ4v) is 2.67. The summed E-state index contributed by atoms with van der Waals surface area (Å²) in [6.45, 7) is 0.887. The molecule has 174 valence electrons. The zero-order chi connectivity index (χ0) is 24.8. The number of rotatable bonds is 6. The van der Waals surface area contributed by atoms with Crippen molar-refractivity contribution in [3.8, 4) is 12.3 Å². The molecule has 0 radical (unpaired) electrons. The van der Waals surface area contributed by atoms with Crippen molar-refractivity contribution in [3.63, 3.8) is 0 Å². The molecule has 1 heterocycles. The fraction of sp³-hybridized carbons (Fsp3) is 0.250. The lowest BCUT2D eigenvalue weighted by molar-refractivity contribution is -0.143. The van der Waals surface area contributed by atoms with Crippen molar-refractivity contribution in [2.45, 2.75) is 25.3 Å². The van der Waals surface area contributed by atoms with Gasteiger partial charge in [-0.25, -0.2) is 15.0 Å². The highest BCUT2D eigenvalue weighted by Gasteiger charge is 2.38. The molecule has 0 fully saturated rings. The molecule has 0 spiro atoms. The van der Waals surface area contributed by atoms with Gasteiger partial charge in [0.25, 0.3) is 5.91 Å². The summed E-state index contributed by atoms with van der Waals surface area (Å²) in [5.41, 5.74) is -4.15. The number of carbonyl (C=O) groups is 1. The van der Waals surface area contributed by atoms with E-state index in [1.807, 2.05) is 0 Å². The van der Waals surface area contributed by atoms with Crippen molar-refractivity contribution < 1.29 is 31.1 Å². The number of hydrogen-bond acceptors (Lipinski definition) is 4. The minimum atomic E-state index is -5.13. The third-order valence-corrected chi connectivity index (χ3v) is 4.23. The van der Waals surface area contributed by atoms with Gasteiger partial charge in [-0.2, -0.15) is 26.3 Å². The van der Waals surface area contributed by atoms with Gasteiger partial charge in [0.05, 0.1) is 23.7 Å². The maximum absolute atomic E-state index is 13.2. The average Bonchev–Trinajstić information content (AvgIpc) is 2.75. The summed E-state index contributed by atoms with van der Waals surface area (Å²) in [7, 11) is 0. The van der Waals surface area contributed by atoms with E-state index in [9.17, 15) is 31.1 Å². The molecule has 0 aliphatic heterocycles. The molecule has 0 saturated carbocycles. The normalized spacial score (nSPS) is 13.1. The van der Waals surface area contributed by atoms with Crippen molar-refractivity contribution in [2.24, 2.45) is 4.99 Å². The van der Waals surface area contributed by atoms with Crippen LogP contribution in [0.25, 0.3) is 0 Å². The van der Waals surface area contributed by atoms with Crippen LogP contribution in [0.15, 0.2) is 41.7 Å². The van der Waals surface area contributed by atoms with Crippen LogP contribution in [0, 0.1) is 17.8 Å². The van der Waals surface area contributed by atoms with Gasteiger partial charge in [-0.15, -0.1) is 6.42 Å². The van der Waals surface area contributed by atoms with Gasteiger partial charge in [0.2, 0.25) is 5.95 Å². The summed E-state index contributed by atoms with van der Waals surface area (Å²) in [6.07, 6.45) is -1.60. The predicted octanol–water partition coefficient (Wildman–Crippen LogP) is 4.10. The number of carbonyl (C=O) groups excluding carboxylic acids is 1. The van der Waals surface area contributed by atoms with E-state index in [1.54, 1.807) is 0 Å². The van der Waals surface area contributed by atoms with Gasteiger partial charge in [0, 0.05) is 18.0 Å². The maximum Gasteiger partial charge on any atom is 0.416 e. The molecule has 0 aliphatic carbocycles. The van der Waals surface area contributed by atoms with Crippen LogP contribution >= 0.6 is 0 Å². The first kappa shape index (κ1) is 25.3. The number of hydrogen-bond donors (Lipinski definition) is 2. The van der Waals surface area contributed by atoms with Crippen molar-refractivity contribution in [3.05, 3.63) is 53.3 Å². The second-order valence-electron chi connectivity index (χ2n) is 6.45. The maximum atomic E-state index is 13.2. The smallest absolute Gasteiger partial charge is 0.318 e. The summed E-state index contributed by atoms with van der Waals surface area (Å²) in [6, 6.07) is 0.955. The number of alkyl halides is 6. The van der Waals surface area contributed by atoms with Gasteiger partial charge in [0.15, 0.2) is 0 Å². The van der Waals surface area contributed by atoms with E-state index in [-0.39, 0.29) is 17.9 Å². The third-order valence-electron chi connectivity index (χ3n) is 4.23. The Kier molecular flexibility index (Phi) is 7.76. The second kappa shape index (κ2) is 10.1. The largest absolute Gasteiger partial charge is 0.416 e. The van der Waals surface area contributed by atoms with Gasteiger partial charge in [-0.3, -0.25) is 10.2 Å². The van der Waals surface area contributed by atoms with Crippen LogP contribution in [-0.2, 0) is 12.4 Å². The van der Waals surface area contributed by atoms with E-state index in [1.165, 1.54) is 25.4 Å². The topological polar surface area (TPSA) is 94.3 Å². The molecule has 0 bridgehead atoms. The summed E-state index contributed by atoms with van der Waals surface area (Å²) >= 11 is 0. The zero-order valence-corrected chi connectivity index (χ0v) is 16.9. The lowest BCUT2D eigenvalue weighted by atomic mass is 10.0. The highest BCUT2D eigenvalue weighted by molar-refractivity contribution is 6.05. The van der Waals surface area contributed by atoms with Crippen LogP contribution in [0.1, 0.15) is 28.4 Å². The van der Waals surface area contributed by atoms with E-state index < -0.39 is 47.5 Å². The molecule has 13 heteroatoms. The van der Waals surface area contributed by atoms with E-state index in [2.05, 4.69) is 26.2 Å². The highest BCUT2D eigenvalue weighted by Crippen LogP contribution is 2.36. The second-order valence-corrected chi connectivity index (χ2v) is 6.45. The molecule has 1 aromatic heterocycles. The van der Waals surface area contributed by atoms with E-state index in [0.717, 1.165) is 4.90 Å². The first-order valence-electron chi connectivity index (χ1n) is 9.03. The molecule has 2 aromatic rings. The van der Waals surface area contributed by atoms with Crippen LogP contribution in [0.3, 0.4) is 0 Å². The fourth-order valence-electron chi connectivity index (χ4n) is 2.67. The molecule has 33 heavy (non-hydrogen) atoms. The van der Waals surface area contributed by atoms with Gasteiger partial charge in [0.1, 0.15) is 12.2 Å². The lowest BCUT2D eigenvalue weighted by Gasteiger charge is -2.29. The lowest BCUT2D eigenvalue weighted by Crippen LogP contribution is -2.46. The summed E-state index contributed by atoms with van der Waals surface area (Å²) < 4.78 is 79.1. The average molecular weight is 470 g/mol. The van der Waals surface area contributed by atoms with Crippen LogP contribution < -0.4 is 5.32 Å². The van der Waals surface area contributed by atoms with E-state index in [0.29, 0.717) is 18.5 Å². The molecular formula is C20H16F6N6O. The van der Waals surface area contributed by atoms with Gasteiger partial charge < -0.3 is 10.2 Å². The standard InChI is InChI=1S/C20H16F6N6O/c1-3-7-32(12(2)16(30-11-27)31-18-28-5-4-6-29-18)17(33)13-8-14(19(21,22)23)10-15(9-13)20(24,25)26/h1,4-6,8-12H,7H2,2H3,(H2,27,28,29,30,31). The van der Waals surface area contributed by atoms with Crippen molar-refractivity contribution in [1.29, 1.82) is 5.41 Å². The minimum Gasteiger partial charge on any atom is -0.318 e. The Hall–Kier alpha value is -3.95. The molecule has 1 aromatic carbocycles. The van der Waals surface area contributed by atoms with Crippen LogP contribution in [0.4, 0.5) is 32.3 Å². The summed E-state index contributed by atoms with van der Waals surface area (Å²) in [5.74, 6) is 0.866. The van der Waals surface area contributed by atoms with Crippen LogP contribution in [-0.4, -0.2) is 45.5 Å². The SMILES string of the molecule is C#CCN(C(=O)c1cc(C(F)(F)F)cc(C(F)(F)F)c1)C(C)/C(=N/C=N)Nc1ncccn1. The van der Waals surface area contributed by atoms with Gasteiger partial charge in [-0.1, -0.05) is 5.92 Å². The number of aliphatic imine (C=N–C) groups is 1. The van der Waals surface area contributed by atoms with E-state index >= 15 is 0 Å². The summed E-state index contributed by atoms with van der Waals surface area (Å²) in [4.78, 5) is 25.4. The molecular weight excluding hydrogens is 454 g/mol. The number of amidine groups is 1. The number of anilines is 1. The molecule has 7 nitrogen and oxygen atoms in total. The Morgan fingerprint density at radius 2 is 1.73 bits per heavy atom. The molecule has 0 saturated heterocycles. The Balaban J connectivity index is 2.51. The number of terminal acetylenes is 1. The van der Waals surface area contributed by atoms with Crippen molar-refractivity contribution >= 4 is 24.0 Å². The van der Waals surface area contributed by atoms with Gasteiger partial charge in [-0.05, 0) is 31.2 Å². The number of nitrogens with one attached hydrogen (secondary N) is 2. The Bertz CT molecular complexity index is 1040. The minimum absolute atomic E-state index is 0.0245. The number of nitrogens with zero attached hydrogens (tertiary/aromatic N) is 4. The Morgan fingerprint density at radius 1 is 1.18 bits per heavy atom. The third kappa shape index (κ3) is 6.52. The van der Waals surface area contributed by atoms with E-state index in [4.69, 9.17) is 11.8 Å². The van der Waals surface area contributed by atoms with Crippen LogP contribution in [0.2, 0.25) is 0 Å².